The molecule has 0 N–H and O–H groups in total. The average Bonchev–Trinajstić information content (AvgIpc) is 1.11. The Hall–Kier alpha value is -9.28. The second kappa shape index (κ2) is 25.5. The van der Waals surface area contributed by atoms with Crippen LogP contribution >= 0.6 is 15.0 Å². The molecule has 0 unspecified atom stereocenters. The lowest BCUT2D eigenvalue weighted by atomic mass is 10.0. The van der Waals surface area contributed by atoms with Gasteiger partial charge in [-0.15, -0.1) is 0 Å². The van der Waals surface area contributed by atoms with Crippen LogP contribution in [0.15, 0.2) is 309 Å². The van der Waals surface area contributed by atoms with E-state index in [-0.39, 0.29) is 18.2 Å². The first-order valence-electron chi connectivity index (χ1n) is 27.3. The number of hydrogen-bond acceptors (Lipinski definition) is 5. The van der Waals surface area contributed by atoms with Gasteiger partial charge in [0.25, 0.3) is 15.0 Å². The average molecular weight is 1180 g/mol. The molecule has 0 bridgehead atoms. The predicted molar refractivity (Wildman–Crippen MR) is 337 cm³/mol. The fraction of sp³-hybridized carbons (Fsp3) is 0.0278. The van der Waals surface area contributed by atoms with Crippen LogP contribution in [0.1, 0.15) is 11.1 Å². The van der Waals surface area contributed by atoms with Gasteiger partial charge in [0.05, 0.1) is 16.9 Å². The highest BCUT2D eigenvalue weighted by molar-refractivity contribution is 7.92. The van der Waals surface area contributed by atoms with E-state index in [2.05, 4.69) is 296 Å². The molecule has 424 valence electrons. The Morgan fingerprint density at radius 2 is 0.500 bits per heavy atom. The Morgan fingerprint density at radius 3 is 0.721 bits per heavy atom. The second-order valence-electron chi connectivity index (χ2n) is 19.9. The molecule has 14 heteroatoms. The summed E-state index contributed by atoms with van der Waals surface area (Å²) < 4.78 is 92.5. The van der Waals surface area contributed by atoms with Gasteiger partial charge in [0.15, 0.2) is 11.5 Å². The molecule has 0 atom stereocenters. The molecule has 0 heterocycles. The molecule has 13 aromatic rings. The third kappa shape index (κ3) is 12.4. The maximum Gasteiger partial charge on any atom is 0.416 e. The van der Waals surface area contributed by atoms with Crippen molar-refractivity contribution in [2.45, 2.75) is 12.4 Å². The molecule has 0 spiro atoms. The maximum atomic E-state index is 12.3. The van der Waals surface area contributed by atoms with Crippen molar-refractivity contribution in [3.63, 3.8) is 0 Å². The zero-order valence-electron chi connectivity index (χ0n) is 45.7. The van der Waals surface area contributed by atoms with Crippen molar-refractivity contribution in [2.24, 2.45) is 0 Å². The Kier molecular flexibility index (Phi) is 17.4. The molecule has 0 aromatic heterocycles. The smallest absolute Gasteiger partial charge is 0.416 e. The van der Waals surface area contributed by atoms with Crippen LogP contribution in [0.25, 0.3) is 43.1 Å². The highest BCUT2D eigenvalue weighted by Gasteiger charge is 2.51. The van der Waals surface area contributed by atoms with E-state index in [1.54, 1.807) is 0 Å². The fourth-order valence-electron chi connectivity index (χ4n) is 10.6. The van der Waals surface area contributed by atoms with Crippen LogP contribution < -0.4 is 55.6 Å². The van der Waals surface area contributed by atoms with Crippen LogP contribution in [-0.2, 0) is 12.4 Å². The van der Waals surface area contributed by atoms with Crippen LogP contribution in [0.4, 0.5) is 26.3 Å². The van der Waals surface area contributed by atoms with Crippen LogP contribution in [0.2, 0.25) is 0 Å². The van der Waals surface area contributed by atoms with Gasteiger partial charge in [-0.2, -0.15) is 26.3 Å². The minimum Gasteiger partial charge on any atom is -0.860 e. The van der Waals surface area contributed by atoms with E-state index in [1.165, 1.54) is 53.4 Å². The van der Waals surface area contributed by atoms with Gasteiger partial charge in [0.2, 0.25) is 0 Å². The van der Waals surface area contributed by atoms with E-state index in [9.17, 15) is 36.4 Å². The molecule has 86 heavy (non-hydrogen) atoms. The molecule has 0 aliphatic carbocycles. The summed E-state index contributed by atoms with van der Waals surface area (Å²) in [7, 11) is -7.99. The van der Waals surface area contributed by atoms with Crippen LogP contribution in [0.3, 0.4) is 0 Å². The van der Waals surface area contributed by atoms with Gasteiger partial charge < -0.3 is 23.7 Å². The van der Waals surface area contributed by atoms with E-state index in [0.29, 0.717) is 0 Å². The highest BCUT2D eigenvalue weighted by atomic mass is 31.2. The molecular weight excluding hydrogens is 1130 g/mol. The van der Waals surface area contributed by atoms with E-state index in [4.69, 9.17) is 9.05 Å². The van der Waals surface area contributed by atoms with Crippen molar-refractivity contribution >= 4 is 97.2 Å². The first-order chi connectivity index (χ1) is 41.7. The number of fused-ring (bicyclic) bond motifs is 4. The van der Waals surface area contributed by atoms with Gasteiger partial charge in [0.1, 0.15) is 39.1 Å². The summed E-state index contributed by atoms with van der Waals surface area (Å²) in [5.41, 5.74) is -3.32. The summed E-state index contributed by atoms with van der Waals surface area (Å²) in [6.45, 7) is 0. The number of hydrogen-bond donors (Lipinski definition) is 0. The van der Waals surface area contributed by atoms with E-state index >= 15 is 0 Å². The van der Waals surface area contributed by atoms with Gasteiger partial charge in [-0.3, -0.25) is 0 Å². The molecule has 13 aromatic carbocycles. The fourth-order valence-corrected chi connectivity index (χ4v) is 17.5. The van der Waals surface area contributed by atoms with E-state index < -0.39 is 51.5 Å². The van der Waals surface area contributed by atoms with Crippen molar-refractivity contribution in [3.8, 4) is 17.2 Å². The first-order valence-corrected chi connectivity index (χ1v) is 30.7. The summed E-state index contributed by atoms with van der Waals surface area (Å²) in [4.78, 5) is 0. The predicted octanol–water partition coefficient (Wildman–Crippen LogP) is 15.4. The molecule has 0 saturated heterocycles. The third-order valence-corrected chi connectivity index (χ3v) is 21.5. The minimum atomic E-state index is -5.05. The summed E-state index contributed by atoms with van der Waals surface area (Å²) in [5.74, 6) is 0.810. The second-order valence-corrected chi connectivity index (χ2v) is 25.8. The number of benzene rings is 13. The van der Waals surface area contributed by atoms with Gasteiger partial charge >= 0.3 is 12.4 Å². The largest absolute Gasteiger partial charge is 0.860 e. The molecule has 0 amide bonds. The molecular formula is C72H51BF6O5P2. The topological polar surface area (TPSA) is 73.8 Å². The standard InChI is InChI=1S/2C32H24OP.C8H3BF6O3/c2*1-4-16-27(17-5-1)34(28-18-6-2-7-19-28,29-20-8-3-9-21-29)33-32-30-22-12-10-14-25(30)24-26-15-11-13-23-31(26)32;10-7(11,12)4-1-5(8(13,14)15)3-6(2-4)18-9(16)17/h2*1-24H;1-3H/q2*+1;-2. The van der Waals surface area contributed by atoms with Crippen LogP contribution in [0.5, 0.6) is 17.2 Å². The Morgan fingerprint density at radius 1 is 0.279 bits per heavy atom. The molecule has 0 aliphatic heterocycles. The summed E-state index contributed by atoms with van der Waals surface area (Å²) in [6, 6.07) is 103. The molecule has 0 fully saturated rings. The van der Waals surface area contributed by atoms with E-state index in [0.717, 1.165) is 33.0 Å². The minimum absolute atomic E-state index is 0.141. The van der Waals surface area contributed by atoms with Crippen molar-refractivity contribution in [1.29, 1.82) is 0 Å². The molecule has 13 rings (SSSR count). The first kappa shape index (κ1) is 58.5. The van der Waals surface area contributed by atoms with E-state index in [1.807, 2.05) is 0 Å². The lowest BCUT2D eigenvalue weighted by Crippen LogP contribution is -2.50. The van der Waals surface area contributed by atoms with Gasteiger partial charge in [0, 0.05) is 21.5 Å². The quantitative estimate of drug-likeness (QED) is 0.0527. The molecule has 0 saturated carbocycles. The molecule has 0 aliphatic rings. The zero-order valence-corrected chi connectivity index (χ0v) is 47.5. The van der Waals surface area contributed by atoms with Crippen molar-refractivity contribution in [2.75, 3.05) is 0 Å². The normalized spacial score (nSPS) is 11.7. The summed E-state index contributed by atoms with van der Waals surface area (Å²) in [5, 5.41) is 36.6. The lowest BCUT2D eigenvalue weighted by molar-refractivity contribution is -0.372. The monoisotopic (exact) mass is 1180 g/mol. The lowest BCUT2D eigenvalue weighted by Gasteiger charge is -2.27. The number of alkyl halides is 6. The number of halogens is 6. The highest BCUT2D eigenvalue weighted by Crippen LogP contribution is 2.60. The SMILES string of the molecule is [O-]B([O-])Oc1cc(C(F)(F)F)cc(C(F)(F)F)c1.c1ccc([P+](Oc2c3ccccc3cc3ccccc23)(c2ccccc2)c2ccccc2)cc1.c1ccc([P+](Oc2c3ccccc3cc3ccccc23)(c2ccccc2)c2ccccc2)cc1. The Labute approximate surface area is 495 Å². The Bertz CT molecular complexity index is 3820. The summed E-state index contributed by atoms with van der Waals surface area (Å²) >= 11 is 0. The third-order valence-electron chi connectivity index (χ3n) is 14.4. The van der Waals surface area contributed by atoms with Gasteiger partial charge in [-0.05, 0) is 125 Å². The molecule has 5 nitrogen and oxygen atoms in total. The van der Waals surface area contributed by atoms with Crippen LogP contribution in [0, 0.1) is 0 Å². The van der Waals surface area contributed by atoms with Crippen molar-refractivity contribution < 1.29 is 50.1 Å². The van der Waals surface area contributed by atoms with Gasteiger partial charge in [-0.25, -0.2) is 0 Å². The zero-order chi connectivity index (χ0) is 59.7. The van der Waals surface area contributed by atoms with Crippen LogP contribution in [-0.4, -0.2) is 7.32 Å². The Balaban J connectivity index is 0.000000141. The summed E-state index contributed by atoms with van der Waals surface area (Å²) in [6.07, 6.45) is -10.1. The molecule has 0 radical (unpaired) electrons. The van der Waals surface area contributed by atoms with Gasteiger partial charge in [-0.1, -0.05) is 206 Å². The maximum absolute atomic E-state index is 12.3. The number of rotatable bonds is 12. The van der Waals surface area contributed by atoms with Crippen molar-refractivity contribution in [1.82, 2.24) is 0 Å². The van der Waals surface area contributed by atoms with Crippen molar-refractivity contribution in [3.05, 3.63) is 321 Å².